The summed E-state index contributed by atoms with van der Waals surface area (Å²) in [4.78, 5) is 14.0. The second kappa shape index (κ2) is 7.09. The van der Waals surface area contributed by atoms with Gasteiger partial charge in [-0.25, -0.2) is 4.79 Å². The number of benzene rings is 1. The lowest BCUT2D eigenvalue weighted by Crippen LogP contribution is -2.49. The van der Waals surface area contributed by atoms with E-state index in [0.717, 1.165) is 36.7 Å². The Morgan fingerprint density at radius 1 is 1.25 bits per heavy atom. The van der Waals surface area contributed by atoms with Gasteiger partial charge in [0.05, 0.1) is 0 Å². The molecule has 2 rings (SSSR count). The van der Waals surface area contributed by atoms with Crippen molar-refractivity contribution in [3.05, 3.63) is 30.3 Å². The molecule has 108 valence electrons. The number of nitrogens with zero attached hydrogens (tertiary/aromatic N) is 1. The van der Waals surface area contributed by atoms with Crippen molar-refractivity contribution in [1.29, 1.82) is 0 Å². The minimum absolute atomic E-state index is 0.147. The maximum absolute atomic E-state index is 11.9. The minimum atomic E-state index is -0.147. The van der Waals surface area contributed by atoms with Gasteiger partial charge in [-0.3, -0.25) is 0 Å². The summed E-state index contributed by atoms with van der Waals surface area (Å²) in [5.41, 5.74) is 0.804. The summed E-state index contributed by atoms with van der Waals surface area (Å²) in [7, 11) is 1.83. The first-order valence-electron chi connectivity index (χ1n) is 6.78. The van der Waals surface area contributed by atoms with Gasteiger partial charge in [-0.1, -0.05) is 18.2 Å². The Balaban J connectivity index is 1.75. The first-order chi connectivity index (χ1) is 9.69. The summed E-state index contributed by atoms with van der Waals surface area (Å²) in [6, 6.07) is 9.50. The Hall–Kier alpha value is -1.82. The van der Waals surface area contributed by atoms with Crippen molar-refractivity contribution < 1.29 is 4.79 Å². The fraction of sp³-hybridized carbons (Fsp3) is 0.429. The van der Waals surface area contributed by atoms with Crippen LogP contribution < -0.4 is 16.0 Å². The molecule has 0 saturated carbocycles. The molecule has 0 bridgehead atoms. The summed E-state index contributed by atoms with van der Waals surface area (Å²) in [5.74, 6) is 0. The predicted molar refractivity (Wildman–Crippen MR) is 84.8 cm³/mol. The van der Waals surface area contributed by atoms with Gasteiger partial charge in [0, 0.05) is 31.9 Å². The molecule has 1 aromatic rings. The summed E-state index contributed by atoms with van der Waals surface area (Å²) in [5, 5.41) is 9.59. The average Bonchev–Trinajstić information content (AvgIpc) is 2.48. The number of nitrogens with one attached hydrogen (secondary N) is 3. The van der Waals surface area contributed by atoms with Gasteiger partial charge in [0.15, 0.2) is 5.11 Å². The molecule has 0 spiro atoms. The predicted octanol–water partition coefficient (Wildman–Crippen LogP) is 1.78. The van der Waals surface area contributed by atoms with Crippen molar-refractivity contribution in [2.75, 3.05) is 25.5 Å². The molecule has 0 unspecified atom stereocenters. The number of amides is 2. The molecular weight excluding hydrogens is 272 g/mol. The van der Waals surface area contributed by atoms with Crippen molar-refractivity contribution in [2.45, 2.75) is 18.9 Å². The van der Waals surface area contributed by atoms with E-state index in [0.29, 0.717) is 0 Å². The number of carbonyl (C=O) groups is 1. The number of hydrogen-bond acceptors (Lipinski definition) is 2. The van der Waals surface area contributed by atoms with Crippen molar-refractivity contribution in [3.8, 4) is 0 Å². The fourth-order valence-corrected chi connectivity index (χ4v) is 2.44. The SMILES string of the molecule is CNC(=S)N1CCC(NC(=O)Nc2ccccc2)CC1. The molecule has 3 N–H and O–H groups in total. The van der Waals surface area contributed by atoms with E-state index < -0.39 is 0 Å². The highest BCUT2D eigenvalue weighted by atomic mass is 32.1. The monoisotopic (exact) mass is 292 g/mol. The Labute approximate surface area is 124 Å². The van der Waals surface area contributed by atoms with Gasteiger partial charge in [-0.15, -0.1) is 0 Å². The third-order valence-corrected chi connectivity index (χ3v) is 3.83. The van der Waals surface area contributed by atoms with Crippen LogP contribution in [0, 0.1) is 0 Å². The number of para-hydroxylation sites is 1. The standard InChI is InChI=1S/C14H20N4OS/c1-15-14(20)18-9-7-12(8-10-18)17-13(19)16-11-5-3-2-4-6-11/h2-6,12H,7-10H2,1H3,(H,15,20)(H2,16,17,19). The van der Waals surface area contributed by atoms with Gasteiger partial charge < -0.3 is 20.9 Å². The van der Waals surface area contributed by atoms with Gasteiger partial charge in [0.2, 0.25) is 0 Å². The summed E-state index contributed by atoms with van der Waals surface area (Å²) in [6.07, 6.45) is 1.81. The number of urea groups is 1. The molecule has 2 amide bonds. The molecule has 5 nitrogen and oxygen atoms in total. The van der Waals surface area contributed by atoms with Crippen LogP contribution in [-0.4, -0.2) is 42.2 Å². The van der Waals surface area contributed by atoms with Crippen molar-refractivity contribution >= 4 is 29.0 Å². The normalized spacial score (nSPS) is 15.6. The van der Waals surface area contributed by atoms with Crippen LogP contribution in [-0.2, 0) is 0 Å². The maximum atomic E-state index is 11.9. The number of anilines is 1. The second-order valence-electron chi connectivity index (χ2n) is 4.78. The number of carbonyl (C=O) groups excluding carboxylic acids is 1. The molecule has 1 aromatic carbocycles. The lowest BCUT2D eigenvalue weighted by Gasteiger charge is -2.33. The molecule has 20 heavy (non-hydrogen) atoms. The van der Waals surface area contributed by atoms with Gasteiger partial charge >= 0.3 is 6.03 Å². The Morgan fingerprint density at radius 3 is 2.50 bits per heavy atom. The summed E-state index contributed by atoms with van der Waals surface area (Å²) >= 11 is 5.20. The second-order valence-corrected chi connectivity index (χ2v) is 5.17. The fourth-order valence-electron chi connectivity index (χ4n) is 2.26. The van der Waals surface area contributed by atoms with E-state index in [2.05, 4.69) is 20.9 Å². The van der Waals surface area contributed by atoms with E-state index in [4.69, 9.17) is 12.2 Å². The Kier molecular flexibility index (Phi) is 5.17. The van der Waals surface area contributed by atoms with Crippen molar-refractivity contribution in [3.63, 3.8) is 0 Å². The Bertz CT molecular complexity index is 458. The third kappa shape index (κ3) is 4.09. The molecule has 6 heteroatoms. The Morgan fingerprint density at radius 2 is 1.90 bits per heavy atom. The summed E-state index contributed by atoms with van der Waals surface area (Å²) in [6.45, 7) is 1.74. The van der Waals surface area contributed by atoms with Gasteiger partial charge in [0.1, 0.15) is 0 Å². The number of hydrogen-bond donors (Lipinski definition) is 3. The molecule has 1 heterocycles. The zero-order valence-corrected chi connectivity index (χ0v) is 12.4. The molecular formula is C14H20N4OS. The van der Waals surface area contributed by atoms with Crippen LogP contribution in [0.25, 0.3) is 0 Å². The summed E-state index contributed by atoms with van der Waals surface area (Å²) < 4.78 is 0. The smallest absolute Gasteiger partial charge is 0.319 e. The van der Waals surface area contributed by atoms with Gasteiger partial charge in [-0.05, 0) is 37.2 Å². The van der Waals surface area contributed by atoms with Crippen LogP contribution in [0.1, 0.15) is 12.8 Å². The highest BCUT2D eigenvalue weighted by Crippen LogP contribution is 2.11. The zero-order chi connectivity index (χ0) is 14.4. The van der Waals surface area contributed by atoms with E-state index in [1.807, 2.05) is 37.4 Å². The first kappa shape index (κ1) is 14.6. The van der Waals surface area contributed by atoms with Crippen molar-refractivity contribution in [1.82, 2.24) is 15.5 Å². The lowest BCUT2D eigenvalue weighted by atomic mass is 10.1. The first-order valence-corrected chi connectivity index (χ1v) is 7.19. The van der Waals surface area contributed by atoms with Crippen molar-refractivity contribution in [2.24, 2.45) is 0 Å². The van der Waals surface area contributed by atoms with Crippen LogP contribution in [0.2, 0.25) is 0 Å². The highest BCUT2D eigenvalue weighted by molar-refractivity contribution is 7.80. The maximum Gasteiger partial charge on any atom is 0.319 e. The van der Waals surface area contributed by atoms with Crippen LogP contribution in [0.15, 0.2) is 30.3 Å². The number of thiocarbonyl (C=S) groups is 1. The highest BCUT2D eigenvalue weighted by Gasteiger charge is 2.21. The van der Waals surface area contributed by atoms with E-state index in [1.54, 1.807) is 0 Å². The largest absolute Gasteiger partial charge is 0.366 e. The number of likely N-dealkylation sites (tertiary alicyclic amines) is 1. The zero-order valence-electron chi connectivity index (χ0n) is 11.6. The lowest BCUT2D eigenvalue weighted by molar-refractivity contribution is 0.236. The molecule has 1 fully saturated rings. The van der Waals surface area contributed by atoms with Crippen LogP contribution in [0.3, 0.4) is 0 Å². The molecule has 1 aliphatic rings. The van der Waals surface area contributed by atoms with Crippen LogP contribution in [0.5, 0.6) is 0 Å². The molecule has 1 aliphatic heterocycles. The van der Waals surface area contributed by atoms with E-state index in [9.17, 15) is 4.79 Å². The molecule has 0 aliphatic carbocycles. The van der Waals surface area contributed by atoms with E-state index in [-0.39, 0.29) is 12.1 Å². The van der Waals surface area contributed by atoms with E-state index in [1.165, 1.54) is 0 Å². The topological polar surface area (TPSA) is 56.4 Å². The van der Waals surface area contributed by atoms with Crippen LogP contribution in [0.4, 0.5) is 10.5 Å². The molecule has 0 aromatic heterocycles. The van der Waals surface area contributed by atoms with E-state index >= 15 is 0 Å². The number of rotatable bonds is 2. The third-order valence-electron chi connectivity index (χ3n) is 3.36. The molecule has 0 radical (unpaired) electrons. The van der Waals surface area contributed by atoms with Gasteiger partial charge in [-0.2, -0.15) is 0 Å². The average molecular weight is 292 g/mol. The minimum Gasteiger partial charge on any atom is -0.366 e. The number of piperidine rings is 1. The van der Waals surface area contributed by atoms with Gasteiger partial charge in [0.25, 0.3) is 0 Å². The quantitative estimate of drug-likeness (QED) is 0.727. The molecule has 1 saturated heterocycles. The molecule has 0 atom stereocenters. The van der Waals surface area contributed by atoms with Crippen LogP contribution >= 0.6 is 12.2 Å².